The molecule has 1 atom stereocenters. The van der Waals surface area contributed by atoms with Crippen LogP contribution in [0.5, 0.6) is 17.2 Å². The molecular formula is C16H14ClNO4. The maximum atomic E-state index is 12.3. The number of fused-ring (bicyclic) bond motifs is 1. The molecule has 22 heavy (non-hydrogen) atoms. The van der Waals surface area contributed by atoms with Gasteiger partial charge in [-0.3, -0.25) is 4.79 Å². The fourth-order valence-corrected chi connectivity index (χ4v) is 2.31. The van der Waals surface area contributed by atoms with Crippen LogP contribution >= 0.6 is 11.6 Å². The van der Waals surface area contributed by atoms with Crippen LogP contribution in [0.15, 0.2) is 42.5 Å². The third-order valence-electron chi connectivity index (χ3n) is 3.22. The predicted octanol–water partition coefficient (Wildman–Crippen LogP) is 3.13. The van der Waals surface area contributed by atoms with Gasteiger partial charge in [0, 0.05) is 5.02 Å². The minimum Gasteiger partial charge on any atom is -0.495 e. The summed E-state index contributed by atoms with van der Waals surface area (Å²) in [4.78, 5) is 12.3. The molecule has 2 aromatic carbocycles. The van der Waals surface area contributed by atoms with Gasteiger partial charge in [0.25, 0.3) is 5.91 Å². The van der Waals surface area contributed by atoms with Crippen molar-refractivity contribution in [1.29, 1.82) is 0 Å². The van der Waals surface area contributed by atoms with E-state index in [9.17, 15) is 4.79 Å². The van der Waals surface area contributed by atoms with E-state index in [-0.39, 0.29) is 12.5 Å². The maximum Gasteiger partial charge on any atom is 0.269 e. The lowest BCUT2D eigenvalue weighted by Crippen LogP contribution is -2.40. The highest BCUT2D eigenvalue weighted by molar-refractivity contribution is 6.31. The minimum absolute atomic E-state index is 0.145. The van der Waals surface area contributed by atoms with Gasteiger partial charge in [0.1, 0.15) is 12.4 Å². The molecule has 0 fully saturated rings. The first-order valence-electron chi connectivity index (χ1n) is 6.70. The van der Waals surface area contributed by atoms with Crippen molar-refractivity contribution in [3.63, 3.8) is 0 Å². The second kappa shape index (κ2) is 6.15. The molecule has 0 bridgehead atoms. The zero-order chi connectivity index (χ0) is 15.5. The van der Waals surface area contributed by atoms with E-state index < -0.39 is 6.10 Å². The summed E-state index contributed by atoms with van der Waals surface area (Å²) in [6.45, 7) is 0.145. The number of rotatable bonds is 3. The van der Waals surface area contributed by atoms with Crippen molar-refractivity contribution in [3.05, 3.63) is 47.5 Å². The van der Waals surface area contributed by atoms with Gasteiger partial charge in [0.05, 0.1) is 12.8 Å². The molecule has 6 heteroatoms. The topological polar surface area (TPSA) is 56.8 Å². The van der Waals surface area contributed by atoms with Gasteiger partial charge in [0.15, 0.2) is 11.5 Å². The van der Waals surface area contributed by atoms with Crippen LogP contribution in [-0.2, 0) is 4.79 Å². The van der Waals surface area contributed by atoms with Crippen LogP contribution in [-0.4, -0.2) is 25.7 Å². The quantitative estimate of drug-likeness (QED) is 0.944. The van der Waals surface area contributed by atoms with Crippen molar-refractivity contribution < 1.29 is 19.0 Å². The molecular weight excluding hydrogens is 306 g/mol. The normalized spacial score (nSPS) is 16.0. The highest BCUT2D eigenvalue weighted by Crippen LogP contribution is 2.32. The minimum atomic E-state index is -0.737. The van der Waals surface area contributed by atoms with Crippen LogP contribution in [0.4, 0.5) is 5.69 Å². The number of hydrogen-bond acceptors (Lipinski definition) is 4. The Kier molecular flexibility index (Phi) is 4.06. The summed E-state index contributed by atoms with van der Waals surface area (Å²) >= 11 is 5.95. The van der Waals surface area contributed by atoms with Crippen LogP contribution in [0.3, 0.4) is 0 Å². The lowest BCUT2D eigenvalue weighted by Gasteiger charge is -2.25. The molecule has 3 rings (SSSR count). The van der Waals surface area contributed by atoms with E-state index >= 15 is 0 Å². The first-order valence-corrected chi connectivity index (χ1v) is 7.08. The summed E-state index contributed by atoms with van der Waals surface area (Å²) < 4.78 is 16.4. The number of amides is 1. The number of carbonyl (C=O) groups excluding carboxylic acids is 1. The van der Waals surface area contributed by atoms with Crippen molar-refractivity contribution >= 4 is 23.2 Å². The molecule has 1 aliphatic heterocycles. The summed E-state index contributed by atoms with van der Waals surface area (Å²) in [6, 6.07) is 12.2. The molecule has 1 heterocycles. The fourth-order valence-electron chi connectivity index (χ4n) is 2.14. The largest absolute Gasteiger partial charge is 0.495 e. The molecule has 0 unspecified atom stereocenters. The van der Waals surface area contributed by atoms with Gasteiger partial charge < -0.3 is 19.5 Å². The molecule has 1 N–H and O–H groups in total. The van der Waals surface area contributed by atoms with Gasteiger partial charge in [0.2, 0.25) is 6.10 Å². The SMILES string of the molecule is COc1ccc(Cl)cc1NC(=O)[C@@H]1COc2ccccc2O1. The number of anilines is 1. The van der Waals surface area contributed by atoms with Crippen molar-refractivity contribution in [3.8, 4) is 17.2 Å². The molecule has 114 valence electrons. The molecule has 0 radical (unpaired) electrons. The van der Waals surface area contributed by atoms with Crippen LogP contribution in [0.25, 0.3) is 0 Å². The zero-order valence-corrected chi connectivity index (χ0v) is 12.6. The monoisotopic (exact) mass is 319 g/mol. The zero-order valence-electron chi connectivity index (χ0n) is 11.8. The Morgan fingerprint density at radius 3 is 2.82 bits per heavy atom. The van der Waals surface area contributed by atoms with E-state index in [2.05, 4.69) is 5.32 Å². The van der Waals surface area contributed by atoms with E-state index in [0.717, 1.165) is 0 Å². The van der Waals surface area contributed by atoms with E-state index in [1.807, 2.05) is 12.1 Å². The van der Waals surface area contributed by atoms with Crippen LogP contribution < -0.4 is 19.5 Å². The number of halogens is 1. The van der Waals surface area contributed by atoms with Gasteiger partial charge in [-0.05, 0) is 30.3 Å². The number of methoxy groups -OCH3 is 1. The first kappa shape index (κ1) is 14.5. The number of benzene rings is 2. The number of carbonyl (C=O) groups is 1. The fraction of sp³-hybridized carbons (Fsp3) is 0.188. The van der Waals surface area contributed by atoms with E-state index in [0.29, 0.717) is 28.0 Å². The van der Waals surface area contributed by atoms with E-state index in [1.165, 1.54) is 7.11 Å². The van der Waals surface area contributed by atoms with Gasteiger partial charge >= 0.3 is 0 Å². The van der Waals surface area contributed by atoms with Gasteiger partial charge in [-0.2, -0.15) is 0 Å². The van der Waals surface area contributed by atoms with Crippen LogP contribution in [0.1, 0.15) is 0 Å². The molecule has 0 aliphatic carbocycles. The third-order valence-corrected chi connectivity index (χ3v) is 3.46. The molecule has 1 amide bonds. The van der Waals surface area contributed by atoms with Crippen molar-refractivity contribution in [2.24, 2.45) is 0 Å². The molecule has 2 aromatic rings. The average molecular weight is 320 g/mol. The van der Waals surface area contributed by atoms with Crippen LogP contribution in [0.2, 0.25) is 5.02 Å². The van der Waals surface area contributed by atoms with Gasteiger partial charge in [-0.25, -0.2) is 0 Å². The Morgan fingerprint density at radius 1 is 1.27 bits per heavy atom. The molecule has 0 saturated carbocycles. The van der Waals surface area contributed by atoms with Crippen molar-refractivity contribution in [2.75, 3.05) is 19.0 Å². The smallest absolute Gasteiger partial charge is 0.269 e. The van der Waals surface area contributed by atoms with Crippen molar-refractivity contribution in [1.82, 2.24) is 0 Å². The Bertz CT molecular complexity index is 704. The first-order chi connectivity index (χ1) is 10.7. The summed E-state index contributed by atoms with van der Waals surface area (Å²) in [5, 5.41) is 3.25. The Balaban J connectivity index is 1.75. The number of para-hydroxylation sites is 2. The molecule has 5 nitrogen and oxygen atoms in total. The Morgan fingerprint density at radius 2 is 2.05 bits per heavy atom. The highest BCUT2D eigenvalue weighted by Gasteiger charge is 2.27. The second-order valence-corrected chi connectivity index (χ2v) is 5.13. The Labute approximate surface area is 132 Å². The summed E-state index contributed by atoms with van der Waals surface area (Å²) in [5.41, 5.74) is 0.488. The second-order valence-electron chi connectivity index (χ2n) is 4.70. The number of hydrogen-bond donors (Lipinski definition) is 1. The summed E-state index contributed by atoms with van der Waals surface area (Å²) in [7, 11) is 1.52. The van der Waals surface area contributed by atoms with E-state index in [4.69, 9.17) is 25.8 Å². The standard InChI is InChI=1S/C16H14ClNO4/c1-20-12-7-6-10(17)8-11(12)18-16(19)15-9-21-13-4-2-3-5-14(13)22-15/h2-8,15H,9H2,1H3,(H,18,19)/t15-/m0/s1. The van der Waals surface area contributed by atoms with Crippen molar-refractivity contribution in [2.45, 2.75) is 6.10 Å². The molecule has 0 saturated heterocycles. The predicted molar refractivity (Wildman–Crippen MR) is 83.0 cm³/mol. The lowest BCUT2D eigenvalue weighted by molar-refractivity contribution is -0.125. The molecule has 1 aliphatic rings. The lowest BCUT2D eigenvalue weighted by atomic mass is 10.2. The molecule has 0 spiro atoms. The van der Waals surface area contributed by atoms with Gasteiger partial charge in [-0.1, -0.05) is 23.7 Å². The number of nitrogens with one attached hydrogen (secondary N) is 1. The highest BCUT2D eigenvalue weighted by atomic mass is 35.5. The maximum absolute atomic E-state index is 12.3. The van der Waals surface area contributed by atoms with E-state index in [1.54, 1.807) is 30.3 Å². The summed E-state index contributed by atoms with van der Waals surface area (Å²) in [5.74, 6) is 1.38. The third kappa shape index (κ3) is 2.94. The van der Waals surface area contributed by atoms with Crippen LogP contribution in [0, 0.1) is 0 Å². The summed E-state index contributed by atoms with van der Waals surface area (Å²) in [6.07, 6.45) is -0.737. The molecule has 0 aromatic heterocycles. The average Bonchev–Trinajstić information content (AvgIpc) is 2.54. The Hall–Kier alpha value is -2.40. The van der Waals surface area contributed by atoms with Gasteiger partial charge in [-0.15, -0.1) is 0 Å². The number of ether oxygens (including phenoxy) is 3.